The summed E-state index contributed by atoms with van der Waals surface area (Å²) in [6.07, 6.45) is 4.31. The van der Waals surface area contributed by atoms with Crippen LogP contribution < -0.4 is 4.74 Å². The topological polar surface area (TPSA) is 51.4 Å². The summed E-state index contributed by atoms with van der Waals surface area (Å²) in [6.45, 7) is 2.66. The number of nitrogens with zero attached hydrogens (tertiary/aromatic N) is 3. The molecule has 4 heterocycles. The molecule has 0 spiro atoms. The lowest BCUT2D eigenvalue weighted by Gasteiger charge is -2.30. The van der Waals surface area contributed by atoms with Crippen molar-refractivity contribution in [3.63, 3.8) is 0 Å². The number of benzene rings is 1. The fraction of sp³-hybridized carbons (Fsp3) is 0.238. The Kier molecular flexibility index (Phi) is 4.37. The summed E-state index contributed by atoms with van der Waals surface area (Å²) in [7, 11) is 0. The van der Waals surface area contributed by atoms with Crippen LogP contribution in [0.2, 0.25) is 0 Å². The summed E-state index contributed by atoms with van der Waals surface area (Å²) in [4.78, 5) is 11.4. The van der Waals surface area contributed by atoms with Gasteiger partial charge in [0, 0.05) is 49.0 Å². The number of fused-ring (bicyclic) bond motifs is 2. The standard InChI is InChI=1S/C21H17ClFN3O2/c22-20-14(12-28-18-4-3-15(23)8-16(18)20)11-26-6-5-17-13(10-26)9-24-21(25-17)19-2-1-7-27-19/h1-4,7-9H,5-6,10-12H2. The highest BCUT2D eigenvalue weighted by Crippen LogP contribution is 2.36. The molecule has 3 aromatic rings. The van der Waals surface area contributed by atoms with E-state index in [9.17, 15) is 4.39 Å². The van der Waals surface area contributed by atoms with Crippen molar-refractivity contribution in [1.82, 2.24) is 14.9 Å². The van der Waals surface area contributed by atoms with Crippen LogP contribution in [-0.2, 0) is 13.0 Å². The number of hydrogen-bond acceptors (Lipinski definition) is 5. The lowest BCUT2D eigenvalue weighted by atomic mass is 10.0. The molecule has 142 valence electrons. The van der Waals surface area contributed by atoms with Gasteiger partial charge < -0.3 is 9.15 Å². The van der Waals surface area contributed by atoms with E-state index in [1.165, 1.54) is 12.1 Å². The lowest BCUT2D eigenvalue weighted by molar-refractivity contribution is 0.254. The Balaban J connectivity index is 1.35. The minimum Gasteiger partial charge on any atom is -0.488 e. The molecule has 1 aromatic carbocycles. The van der Waals surface area contributed by atoms with E-state index in [1.807, 2.05) is 18.3 Å². The Morgan fingerprint density at radius 1 is 1.25 bits per heavy atom. The maximum atomic E-state index is 13.6. The van der Waals surface area contributed by atoms with Gasteiger partial charge in [-0.3, -0.25) is 4.90 Å². The van der Waals surface area contributed by atoms with Gasteiger partial charge in [0.15, 0.2) is 11.6 Å². The molecule has 2 aliphatic rings. The van der Waals surface area contributed by atoms with Gasteiger partial charge in [0.05, 0.1) is 17.0 Å². The highest BCUT2D eigenvalue weighted by molar-refractivity contribution is 6.49. The highest BCUT2D eigenvalue weighted by atomic mass is 35.5. The van der Waals surface area contributed by atoms with Crippen LogP contribution in [0.5, 0.6) is 5.75 Å². The van der Waals surface area contributed by atoms with Crippen LogP contribution >= 0.6 is 11.6 Å². The summed E-state index contributed by atoms with van der Waals surface area (Å²) in [6, 6.07) is 8.11. The third-order valence-electron chi connectivity index (χ3n) is 5.06. The van der Waals surface area contributed by atoms with Gasteiger partial charge in [-0.25, -0.2) is 14.4 Å². The summed E-state index contributed by atoms with van der Waals surface area (Å²) < 4.78 is 24.7. The predicted molar refractivity (Wildman–Crippen MR) is 103 cm³/mol. The van der Waals surface area contributed by atoms with Crippen LogP contribution in [-0.4, -0.2) is 34.6 Å². The average Bonchev–Trinajstić information content (AvgIpc) is 3.25. The Bertz CT molecular complexity index is 1070. The second-order valence-electron chi connectivity index (χ2n) is 6.95. The quantitative estimate of drug-likeness (QED) is 0.660. The first-order valence-electron chi connectivity index (χ1n) is 9.08. The van der Waals surface area contributed by atoms with E-state index in [4.69, 9.17) is 20.8 Å². The van der Waals surface area contributed by atoms with E-state index in [0.717, 1.165) is 36.3 Å². The molecule has 0 bridgehead atoms. The third-order valence-corrected chi connectivity index (χ3v) is 5.53. The number of aromatic nitrogens is 2. The second-order valence-corrected chi connectivity index (χ2v) is 7.33. The van der Waals surface area contributed by atoms with Gasteiger partial charge in [0.2, 0.25) is 0 Å². The highest BCUT2D eigenvalue weighted by Gasteiger charge is 2.24. The molecule has 0 aliphatic carbocycles. The molecular formula is C21H17ClFN3O2. The fourth-order valence-electron chi connectivity index (χ4n) is 3.64. The summed E-state index contributed by atoms with van der Waals surface area (Å²) in [5, 5.41) is 0.580. The van der Waals surface area contributed by atoms with Crippen molar-refractivity contribution in [2.45, 2.75) is 13.0 Å². The number of hydrogen-bond donors (Lipinski definition) is 0. The summed E-state index contributed by atoms with van der Waals surface area (Å²) in [5.41, 5.74) is 3.72. The molecule has 0 N–H and O–H groups in total. The van der Waals surface area contributed by atoms with Gasteiger partial charge in [-0.15, -0.1) is 0 Å². The van der Waals surface area contributed by atoms with E-state index >= 15 is 0 Å². The lowest BCUT2D eigenvalue weighted by Crippen LogP contribution is -2.34. The minimum atomic E-state index is -0.321. The second kappa shape index (κ2) is 7.04. The molecule has 28 heavy (non-hydrogen) atoms. The van der Waals surface area contributed by atoms with Gasteiger partial charge in [-0.05, 0) is 30.3 Å². The molecule has 7 heteroatoms. The van der Waals surface area contributed by atoms with Crippen molar-refractivity contribution in [3.8, 4) is 17.3 Å². The van der Waals surface area contributed by atoms with Crippen LogP contribution in [0.3, 0.4) is 0 Å². The molecule has 5 nitrogen and oxygen atoms in total. The molecule has 0 atom stereocenters. The van der Waals surface area contributed by atoms with Crippen molar-refractivity contribution < 1.29 is 13.5 Å². The van der Waals surface area contributed by atoms with E-state index < -0.39 is 0 Å². The van der Waals surface area contributed by atoms with Crippen molar-refractivity contribution in [2.75, 3.05) is 19.7 Å². The monoisotopic (exact) mass is 397 g/mol. The van der Waals surface area contributed by atoms with Gasteiger partial charge >= 0.3 is 0 Å². The molecular weight excluding hydrogens is 381 g/mol. The third kappa shape index (κ3) is 3.19. The van der Waals surface area contributed by atoms with Gasteiger partial charge in [-0.2, -0.15) is 0 Å². The molecule has 2 aromatic heterocycles. The molecule has 2 aliphatic heterocycles. The number of furan rings is 1. The molecule has 0 saturated carbocycles. The molecule has 0 amide bonds. The van der Waals surface area contributed by atoms with Crippen molar-refractivity contribution in [3.05, 3.63) is 71.0 Å². The van der Waals surface area contributed by atoms with Crippen LogP contribution in [0.4, 0.5) is 4.39 Å². The first-order valence-corrected chi connectivity index (χ1v) is 9.46. The van der Waals surface area contributed by atoms with E-state index in [2.05, 4.69) is 14.9 Å². The first kappa shape index (κ1) is 17.4. The van der Waals surface area contributed by atoms with Crippen LogP contribution in [0, 0.1) is 5.82 Å². The zero-order valence-electron chi connectivity index (χ0n) is 15.0. The van der Waals surface area contributed by atoms with Crippen molar-refractivity contribution in [1.29, 1.82) is 0 Å². The fourth-order valence-corrected chi connectivity index (χ4v) is 3.90. The van der Waals surface area contributed by atoms with Crippen LogP contribution in [0.25, 0.3) is 16.6 Å². The largest absolute Gasteiger partial charge is 0.488 e. The van der Waals surface area contributed by atoms with Crippen molar-refractivity contribution >= 4 is 16.6 Å². The number of rotatable bonds is 3. The predicted octanol–water partition coefficient (Wildman–Crippen LogP) is 4.28. The number of ether oxygens (including phenoxy) is 1. The molecule has 0 saturated heterocycles. The average molecular weight is 398 g/mol. The van der Waals surface area contributed by atoms with Gasteiger partial charge in [0.25, 0.3) is 0 Å². The SMILES string of the molecule is Fc1ccc2c(c1)C(Cl)=C(CN1CCc3nc(-c4ccco4)ncc3C1)CO2. The molecule has 0 fully saturated rings. The Hall–Kier alpha value is -2.70. The van der Waals surface area contributed by atoms with E-state index in [-0.39, 0.29) is 5.82 Å². The molecule has 0 radical (unpaired) electrons. The Morgan fingerprint density at radius 3 is 3.04 bits per heavy atom. The van der Waals surface area contributed by atoms with Crippen molar-refractivity contribution in [2.24, 2.45) is 0 Å². The van der Waals surface area contributed by atoms with E-state index in [1.54, 1.807) is 12.3 Å². The van der Waals surface area contributed by atoms with Crippen LogP contribution in [0.15, 0.2) is 52.8 Å². The minimum absolute atomic E-state index is 0.321. The maximum absolute atomic E-state index is 13.6. The van der Waals surface area contributed by atoms with E-state index in [0.29, 0.717) is 41.1 Å². The first-order chi connectivity index (χ1) is 13.7. The molecule has 0 unspecified atom stereocenters. The Labute approximate surface area is 166 Å². The van der Waals surface area contributed by atoms with Gasteiger partial charge in [0.1, 0.15) is 18.2 Å². The normalized spacial score (nSPS) is 16.5. The summed E-state index contributed by atoms with van der Waals surface area (Å²) >= 11 is 6.55. The zero-order valence-corrected chi connectivity index (χ0v) is 15.7. The van der Waals surface area contributed by atoms with Crippen LogP contribution in [0.1, 0.15) is 16.8 Å². The Morgan fingerprint density at radius 2 is 2.18 bits per heavy atom. The molecule has 5 rings (SSSR count). The maximum Gasteiger partial charge on any atom is 0.195 e. The van der Waals surface area contributed by atoms with Gasteiger partial charge in [-0.1, -0.05) is 11.6 Å². The zero-order chi connectivity index (χ0) is 19.1. The summed E-state index contributed by atoms with van der Waals surface area (Å²) in [5.74, 6) is 1.59. The smallest absolute Gasteiger partial charge is 0.195 e. The number of halogens is 2.